The Morgan fingerprint density at radius 2 is 2.20 bits per heavy atom. The van der Waals surface area contributed by atoms with Gasteiger partial charge in [-0.25, -0.2) is 0 Å². The third-order valence-electron chi connectivity index (χ3n) is 1.92. The SMILES string of the molecule is ClCc1nncn1-c1ccc(Br)c(Cl)c1. The van der Waals surface area contributed by atoms with E-state index < -0.39 is 0 Å². The highest BCUT2D eigenvalue weighted by atomic mass is 79.9. The molecule has 0 atom stereocenters. The van der Waals surface area contributed by atoms with Crippen LogP contribution in [0.15, 0.2) is 29.0 Å². The molecular formula is C9H6BrCl2N3. The highest BCUT2D eigenvalue weighted by Crippen LogP contribution is 2.25. The Labute approximate surface area is 105 Å². The van der Waals surface area contributed by atoms with Crippen LogP contribution in [0.25, 0.3) is 5.69 Å². The molecule has 0 radical (unpaired) electrons. The van der Waals surface area contributed by atoms with Crippen molar-refractivity contribution in [1.29, 1.82) is 0 Å². The largest absolute Gasteiger partial charge is 0.285 e. The molecule has 0 aliphatic carbocycles. The van der Waals surface area contributed by atoms with Gasteiger partial charge in [0.05, 0.1) is 10.9 Å². The topological polar surface area (TPSA) is 30.7 Å². The van der Waals surface area contributed by atoms with Gasteiger partial charge in [-0.05, 0) is 34.1 Å². The monoisotopic (exact) mass is 305 g/mol. The third-order valence-corrected chi connectivity index (χ3v) is 3.39. The van der Waals surface area contributed by atoms with Crippen LogP contribution in [-0.2, 0) is 5.88 Å². The fourth-order valence-corrected chi connectivity index (χ4v) is 1.80. The quantitative estimate of drug-likeness (QED) is 0.796. The van der Waals surface area contributed by atoms with E-state index in [2.05, 4.69) is 26.1 Å². The molecular weight excluding hydrogens is 301 g/mol. The Balaban J connectivity index is 2.50. The van der Waals surface area contributed by atoms with Gasteiger partial charge in [-0.3, -0.25) is 4.57 Å². The van der Waals surface area contributed by atoms with Gasteiger partial charge in [0.25, 0.3) is 0 Å². The number of hydrogen-bond acceptors (Lipinski definition) is 2. The van der Waals surface area contributed by atoms with Crippen molar-refractivity contribution in [3.63, 3.8) is 0 Å². The first kappa shape index (κ1) is 10.9. The Morgan fingerprint density at radius 3 is 2.87 bits per heavy atom. The van der Waals surface area contributed by atoms with E-state index in [9.17, 15) is 0 Å². The molecule has 2 rings (SSSR count). The Morgan fingerprint density at radius 1 is 1.40 bits per heavy atom. The second-order valence-electron chi connectivity index (χ2n) is 2.85. The number of rotatable bonds is 2. The predicted octanol–water partition coefficient (Wildman–Crippen LogP) is 3.42. The molecule has 15 heavy (non-hydrogen) atoms. The minimum Gasteiger partial charge on any atom is -0.285 e. The summed E-state index contributed by atoms with van der Waals surface area (Å²) in [7, 11) is 0. The van der Waals surface area contributed by atoms with Crippen molar-refractivity contribution in [2.45, 2.75) is 5.88 Å². The summed E-state index contributed by atoms with van der Waals surface area (Å²) in [6, 6.07) is 5.61. The van der Waals surface area contributed by atoms with Crippen molar-refractivity contribution >= 4 is 39.1 Å². The number of benzene rings is 1. The van der Waals surface area contributed by atoms with Crippen LogP contribution < -0.4 is 0 Å². The van der Waals surface area contributed by atoms with Gasteiger partial charge in [-0.15, -0.1) is 21.8 Å². The van der Waals surface area contributed by atoms with Crippen molar-refractivity contribution in [3.8, 4) is 5.69 Å². The molecule has 0 amide bonds. The first-order valence-electron chi connectivity index (χ1n) is 4.12. The van der Waals surface area contributed by atoms with Crippen molar-refractivity contribution in [2.75, 3.05) is 0 Å². The summed E-state index contributed by atoms with van der Waals surface area (Å²) < 4.78 is 2.65. The van der Waals surface area contributed by atoms with Crippen LogP contribution in [0.3, 0.4) is 0 Å². The molecule has 0 saturated heterocycles. The van der Waals surface area contributed by atoms with Crippen LogP contribution in [0.5, 0.6) is 0 Å². The molecule has 0 bridgehead atoms. The molecule has 78 valence electrons. The van der Waals surface area contributed by atoms with Crippen LogP contribution in [0.1, 0.15) is 5.82 Å². The van der Waals surface area contributed by atoms with E-state index in [1.807, 2.05) is 18.2 Å². The van der Waals surface area contributed by atoms with Crippen molar-refractivity contribution in [1.82, 2.24) is 14.8 Å². The summed E-state index contributed by atoms with van der Waals surface area (Å²) >= 11 is 15.1. The van der Waals surface area contributed by atoms with Gasteiger partial charge in [0.1, 0.15) is 6.33 Å². The van der Waals surface area contributed by atoms with Gasteiger partial charge in [0, 0.05) is 10.2 Å². The van der Waals surface area contributed by atoms with E-state index in [0.717, 1.165) is 10.2 Å². The zero-order valence-corrected chi connectivity index (χ0v) is 10.6. The molecule has 3 nitrogen and oxygen atoms in total. The maximum atomic E-state index is 5.99. The molecule has 2 aromatic rings. The van der Waals surface area contributed by atoms with Gasteiger partial charge in [-0.2, -0.15) is 0 Å². The fraction of sp³-hybridized carbons (Fsp3) is 0.111. The minimum absolute atomic E-state index is 0.313. The minimum atomic E-state index is 0.313. The lowest BCUT2D eigenvalue weighted by atomic mass is 10.3. The van der Waals surface area contributed by atoms with Gasteiger partial charge < -0.3 is 0 Å². The lowest BCUT2D eigenvalue weighted by Crippen LogP contribution is -1.97. The Bertz CT molecular complexity index is 484. The van der Waals surface area contributed by atoms with E-state index >= 15 is 0 Å². The number of halogens is 3. The Hall–Kier alpha value is -0.580. The molecule has 1 heterocycles. The zero-order valence-electron chi connectivity index (χ0n) is 7.49. The fourth-order valence-electron chi connectivity index (χ4n) is 1.20. The predicted molar refractivity (Wildman–Crippen MR) is 63.6 cm³/mol. The standard InChI is InChI=1S/C9H6BrCl2N3/c10-7-2-1-6(3-8(7)12)15-5-13-14-9(15)4-11/h1-3,5H,4H2. The molecule has 0 N–H and O–H groups in total. The molecule has 0 aliphatic rings. The maximum absolute atomic E-state index is 5.99. The molecule has 0 spiro atoms. The second-order valence-corrected chi connectivity index (χ2v) is 4.38. The van der Waals surface area contributed by atoms with Gasteiger partial charge in [0.2, 0.25) is 0 Å². The number of alkyl halides is 1. The van der Waals surface area contributed by atoms with Crippen LogP contribution in [0.4, 0.5) is 0 Å². The molecule has 0 saturated carbocycles. The normalized spacial score (nSPS) is 10.6. The average molecular weight is 307 g/mol. The molecule has 1 aromatic carbocycles. The van der Waals surface area contributed by atoms with E-state index in [1.54, 1.807) is 10.9 Å². The van der Waals surface area contributed by atoms with Crippen LogP contribution in [0, 0.1) is 0 Å². The van der Waals surface area contributed by atoms with E-state index in [-0.39, 0.29) is 0 Å². The van der Waals surface area contributed by atoms with Gasteiger partial charge in [-0.1, -0.05) is 11.6 Å². The molecule has 0 aliphatic heterocycles. The van der Waals surface area contributed by atoms with Crippen molar-refractivity contribution in [2.24, 2.45) is 0 Å². The average Bonchev–Trinajstić information content (AvgIpc) is 2.70. The lowest BCUT2D eigenvalue weighted by Gasteiger charge is -2.05. The van der Waals surface area contributed by atoms with Gasteiger partial charge >= 0.3 is 0 Å². The summed E-state index contributed by atoms with van der Waals surface area (Å²) in [6.07, 6.45) is 1.61. The van der Waals surface area contributed by atoms with Gasteiger partial charge in [0.15, 0.2) is 5.82 Å². The van der Waals surface area contributed by atoms with E-state index in [4.69, 9.17) is 23.2 Å². The zero-order chi connectivity index (χ0) is 10.8. The number of hydrogen-bond donors (Lipinski definition) is 0. The summed E-state index contributed by atoms with van der Waals surface area (Å²) in [6.45, 7) is 0. The smallest absolute Gasteiger partial charge is 0.152 e. The Kier molecular flexibility index (Phi) is 3.29. The number of aromatic nitrogens is 3. The highest BCUT2D eigenvalue weighted by molar-refractivity contribution is 9.10. The first-order chi connectivity index (χ1) is 7.22. The van der Waals surface area contributed by atoms with Crippen LogP contribution in [-0.4, -0.2) is 14.8 Å². The maximum Gasteiger partial charge on any atom is 0.152 e. The lowest BCUT2D eigenvalue weighted by molar-refractivity contribution is 0.951. The van der Waals surface area contributed by atoms with Crippen LogP contribution >= 0.6 is 39.1 Å². The molecule has 1 aromatic heterocycles. The second kappa shape index (κ2) is 4.51. The van der Waals surface area contributed by atoms with Crippen molar-refractivity contribution in [3.05, 3.63) is 39.8 Å². The summed E-state index contributed by atoms with van der Waals surface area (Å²) in [4.78, 5) is 0. The highest BCUT2D eigenvalue weighted by Gasteiger charge is 2.06. The van der Waals surface area contributed by atoms with E-state index in [1.165, 1.54) is 0 Å². The third kappa shape index (κ3) is 2.17. The summed E-state index contributed by atoms with van der Waals surface area (Å²) in [5.41, 5.74) is 0.892. The van der Waals surface area contributed by atoms with Crippen LogP contribution in [0.2, 0.25) is 5.02 Å². The molecule has 6 heteroatoms. The summed E-state index contributed by atoms with van der Waals surface area (Å²) in [5, 5.41) is 8.33. The first-order valence-corrected chi connectivity index (χ1v) is 5.83. The van der Waals surface area contributed by atoms with E-state index in [0.29, 0.717) is 16.7 Å². The van der Waals surface area contributed by atoms with Crippen molar-refractivity contribution < 1.29 is 0 Å². The molecule has 0 unspecified atom stereocenters. The number of nitrogens with zero attached hydrogens (tertiary/aromatic N) is 3. The summed E-state index contributed by atoms with van der Waals surface area (Å²) in [5.74, 6) is 1.00. The molecule has 0 fully saturated rings.